The average Bonchev–Trinajstić information content (AvgIpc) is 2.85. The fourth-order valence-electron chi connectivity index (χ4n) is 1.73. The Balaban J connectivity index is 2.19. The highest BCUT2D eigenvalue weighted by molar-refractivity contribution is 5.03. The van der Waals surface area contributed by atoms with Gasteiger partial charge in [-0.2, -0.15) is 4.98 Å². The molecule has 98 valence electrons. The molecular formula is C13H20N4O. The molecule has 2 aromatic heterocycles. The van der Waals surface area contributed by atoms with E-state index >= 15 is 0 Å². The van der Waals surface area contributed by atoms with E-state index in [1.54, 1.807) is 6.20 Å². The molecule has 0 saturated carbocycles. The molecule has 0 bridgehead atoms. The summed E-state index contributed by atoms with van der Waals surface area (Å²) in [5.41, 5.74) is -0.110. The molecule has 0 amide bonds. The number of rotatable bonds is 3. The molecule has 0 aliphatic heterocycles. The van der Waals surface area contributed by atoms with E-state index in [-0.39, 0.29) is 5.41 Å². The van der Waals surface area contributed by atoms with Crippen molar-refractivity contribution in [2.75, 3.05) is 0 Å². The Kier molecular flexibility index (Phi) is 3.24. The predicted molar refractivity (Wildman–Crippen MR) is 68.4 cm³/mol. The first-order valence-electron chi connectivity index (χ1n) is 6.22. The molecule has 5 heteroatoms. The summed E-state index contributed by atoms with van der Waals surface area (Å²) >= 11 is 0. The highest BCUT2D eigenvalue weighted by Gasteiger charge is 2.22. The van der Waals surface area contributed by atoms with Crippen LogP contribution >= 0.6 is 0 Å². The summed E-state index contributed by atoms with van der Waals surface area (Å²) in [6.45, 7) is 11.0. The van der Waals surface area contributed by atoms with Crippen molar-refractivity contribution >= 4 is 0 Å². The Hall–Kier alpha value is -1.65. The highest BCUT2D eigenvalue weighted by Crippen LogP contribution is 2.20. The number of hydrogen-bond acceptors (Lipinski definition) is 4. The van der Waals surface area contributed by atoms with Gasteiger partial charge in [0.05, 0.1) is 6.54 Å². The summed E-state index contributed by atoms with van der Waals surface area (Å²) in [7, 11) is 0. The van der Waals surface area contributed by atoms with Crippen LogP contribution in [0.3, 0.4) is 0 Å². The van der Waals surface area contributed by atoms with Crippen molar-refractivity contribution in [3.63, 3.8) is 0 Å². The van der Waals surface area contributed by atoms with E-state index in [2.05, 4.69) is 54.3 Å². The second-order valence-electron chi connectivity index (χ2n) is 5.83. The summed E-state index contributed by atoms with van der Waals surface area (Å²) in [4.78, 5) is 8.77. The van der Waals surface area contributed by atoms with Gasteiger partial charge >= 0.3 is 0 Å². The molecule has 0 aliphatic rings. The van der Waals surface area contributed by atoms with Crippen molar-refractivity contribution in [3.8, 4) is 0 Å². The third-order valence-electron chi connectivity index (χ3n) is 2.69. The van der Waals surface area contributed by atoms with Crippen LogP contribution in [0.2, 0.25) is 0 Å². The van der Waals surface area contributed by atoms with E-state index in [0.717, 1.165) is 5.82 Å². The van der Waals surface area contributed by atoms with Gasteiger partial charge in [0.2, 0.25) is 5.89 Å². The monoisotopic (exact) mass is 248 g/mol. The van der Waals surface area contributed by atoms with Crippen molar-refractivity contribution in [3.05, 3.63) is 29.9 Å². The molecule has 0 atom stereocenters. The summed E-state index contributed by atoms with van der Waals surface area (Å²) in [6.07, 6.45) is 3.75. The van der Waals surface area contributed by atoms with Crippen molar-refractivity contribution in [1.82, 2.24) is 19.7 Å². The van der Waals surface area contributed by atoms with Gasteiger partial charge in [0, 0.05) is 23.7 Å². The Morgan fingerprint density at radius 3 is 2.61 bits per heavy atom. The van der Waals surface area contributed by atoms with Crippen molar-refractivity contribution in [1.29, 1.82) is 0 Å². The van der Waals surface area contributed by atoms with Gasteiger partial charge < -0.3 is 9.09 Å². The van der Waals surface area contributed by atoms with Gasteiger partial charge in [0.25, 0.3) is 0 Å². The van der Waals surface area contributed by atoms with Crippen LogP contribution in [-0.4, -0.2) is 19.7 Å². The normalized spacial score (nSPS) is 12.3. The quantitative estimate of drug-likeness (QED) is 0.838. The summed E-state index contributed by atoms with van der Waals surface area (Å²) in [5, 5.41) is 4.02. The third kappa shape index (κ3) is 2.60. The Bertz CT molecular complexity index is 519. The zero-order valence-corrected chi connectivity index (χ0v) is 11.6. The molecule has 5 nitrogen and oxygen atoms in total. The standard InChI is InChI=1S/C13H20N4O/c1-9(2)11-14-6-7-17(11)8-10-15-12(18-16-10)13(3,4)5/h6-7,9H,8H2,1-5H3. The molecule has 0 aliphatic carbocycles. The minimum Gasteiger partial charge on any atom is -0.339 e. The molecule has 2 aromatic rings. The Labute approximate surface area is 107 Å². The largest absolute Gasteiger partial charge is 0.339 e. The highest BCUT2D eigenvalue weighted by atomic mass is 16.5. The topological polar surface area (TPSA) is 56.7 Å². The van der Waals surface area contributed by atoms with Crippen LogP contribution in [0.1, 0.15) is 58.1 Å². The van der Waals surface area contributed by atoms with Gasteiger partial charge in [-0.05, 0) is 0 Å². The van der Waals surface area contributed by atoms with Crippen LogP contribution in [-0.2, 0) is 12.0 Å². The van der Waals surface area contributed by atoms with Gasteiger partial charge in [-0.1, -0.05) is 39.8 Å². The van der Waals surface area contributed by atoms with Crippen LogP contribution in [0, 0.1) is 0 Å². The van der Waals surface area contributed by atoms with Gasteiger partial charge in [-0.15, -0.1) is 0 Å². The lowest BCUT2D eigenvalue weighted by atomic mass is 9.97. The first-order valence-corrected chi connectivity index (χ1v) is 6.22. The SMILES string of the molecule is CC(C)c1nccn1Cc1noc(C(C)(C)C)n1. The van der Waals surface area contributed by atoms with Gasteiger partial charge in [-0.25, -0.2) is 4.98 Å². The second kappa shape index (κ2) is 4.55. The van der Waals surface area contributed by atoms with Crippen LogP contribution in [0.4, 0.5) is 0 Å². The maximum absolute atomic E-state index is 5.28. The van der Waals surface area contributed by atoms with Crippen LogP contribution in [0.25, 0.3) is 0 Å². The molecule has 0 N–H and O–H groups in total. The van der Waals surface area contributed by atoms with Gasteiger partial charge in [0.1, 0.15) is 5.82 Å². The summed E-state index contributed by atoms with van der Waals surface area (Å²) < 4.78 is 7.34. The molecule has 0 unspecified atom stereocenters. The Morgan fingerprint density at radius 2 is 2.06 bits per heavy atom. The van der Waals surface area contributed by atoms with Gasteiger partial charge in [0.15, 0.2) is 5.82 Å². The van der Waals surface area contributed by atoms with E-state index in [1.807, 2.05) is 6.20 Å². The minimum absolute atomic E-state index is 0.110. The molecule has 0 saturated heterocycles. The lowest BCUT2D eigenvalue weighted by Gasteiger charge is -2.10. The van der Waals surface area contributed by atoms with E-state index < -0.39 is 0 Å². The molecule has 0 spiro atoms. The smallest absolute Gasteiger partial charge is 0.232 e. The Morgan fingerprint density at radius 1 is 1.33 bits per heavy atom. The van der Waals surface area contributed by atoms with Crippen molar-refractivity contribution in [2.45, 2.75) is 52.5 Å². The molecular weight excluding hydrogens is 228 g/mol. The summed E-state index contributed by atoms with van der Waals surface area (Å²) in [5.74, 6) is 2.79. The van der Waals surface area contributed by atoms with E-state index in [1.165, 1.54) is 0 Å². The van der Waals surface area contributed by atoms with E-state index in [0.29, 0.717) is 24.2 Å². The fraction of sp³-hybridized carbons (Fsp3) is 0.615. The molecule has 2 rings (SSSR count). The second-order valence-corrected chi connectivity index (χ2v) is 5.83. The number of imidazole rings is 1. The average molecular weight is 248 g/mol. The molecule has 0 aromatic carbocycles. The molecule has 2 heterocycles. The predicted octanol–water partition coefficient (Wildman–Crippen LogP) is 2.74. The number of hydrogen-bond donors (Lipinski definition) is 0. The first-order chi connectivity index (χ1) is 8.38. The number of nitrogens with zero attached hydrogens (tertiary/aromatic N) is 4. The molecule has 0 fully saturated rings. The van der Waals surface area contributed by atoms with Crippen LogP contribution < -0.4 is 0 Å². The van der Waals surface area contributed by atoms with Gasteiger partial charge in [-0.3, -0.25) is 0 Å². The van der Waals surface area contributed by atoms with E-state index in [4.69, 9.17) is 4.52 Å². The first kappa shape index (κ1) is 12.8. The van der Waals surface area contributed by atoms with Crippen LogP contribution in [0.15, 0.2) is 16.9 Å². The summed E-state index contributed by atoms with van der Waals surface area (Å²) in [6, 6.07) is 0. The number of aromatic nitrogens is 4. The third-order valence-corrected chi connectivity index (χ3v) is 2.69. The van der Waals surface area contributed by atoms with E-state index in [9.17, 15) is 0 Å². The maximum Gasteiger partial charge on any atom is 0.232 e. The molecule has 18 heavy (non-hydrogen) atoms. The zero-order chi connectivity index (χ0) is 13.3. The van der Waals surface area contributed by atoms with Crippen LogP contribution in [0.5, 0.6) is 0 Å². The lowest BCUT2D eigenvalue weighted by Crippen LogP contribution is -2.12. The fourth-order valence-corrected chi connectivity index (χ4v) is 1.73. The van der Waals surface area contributed by atoms with Crippen molar-refractivity contribution < 1.29 is 4.52 Å². The minimum atomic E-state index is -0.110. The lowest BCUT2D eigenvalue weighted by molar-refractivity contribution is 0.318. The van der Waals surface area contributed by atoms with Crippen molar-refractivity contribution in [2.24, 2.45) is 0 Å². The maximum atomic E-state index is 5.28. The molecule has 0 radical (unpaired) electrons. The zero-order valence-electron chi connectivity index (χ0n) is 11.6.